The summed E-state index contributed by atoms with van der Waals surface area (Å²) >= 11 is 0. The summed E-state index contributed by atoms with van der Waals surface area (Å²) in [6.45, 7) is 19.1. The minimum atomic E-state index is -1.58. The topological polar surface area (TPSA) is 154 Å². The number of carbonyl (C=O) groups excluding carboxylic acids is 2. The van der Waals surface area contributed by atoms with E-state index in [4.69, 9.17) is 9.47 Å². The molecule has 1 fully saturated rings. The summed E-state index contributed by atoms with van der Waals surface area (Å²) in [5, 5.41) is 50.1. The van der Waals surface area contributed by atoms with Crippen LogP contribution in [0.15, 0.2) is 130 Å². The zero-order chi connectivity index (χ0) is 41.2. The van der Waals surface area contributed by atoms with Gasteiger partial charge >= 0.3 is 0 Å². The second kappa shape index (κ2) is 19.9. The van der Waals surface area contributed by atoms with Crippen molar-refractivity contribution >= 4 is 11.6 Å². The first-order chi connectivity index (χ1) is 25.7. The molecule has 55 heavy (non-hydrogen) atoms. The normalized spacial score (nSPS) is 30.5. The first-order valence-corrected chi connectivity index (χ1v) is 18.9. The van der Waals surface area contributed by atoms with Crippen LogP contribution >= 0.6 is 0 Å². The highest BCUT2D eigenvalue weighted by molar-refractivity contribution is 6.01. The highest BCUT2D eigenvalue weighted by atomic mass is 16.7. The van der Waals surface area contributed by atoms with Crippen LogP contribution in [0.1, 0.15) is 82.1 Å². The molecular weight excluding hydrogens is 696 g/mol. The van der Waals surface area contributed by atoms with Gasteiger partial charge in [0.05, 0.1) is 6.61 Å². The molecule has 0 saturated carbocycles. The van der Waals surface area contributed by atoms with Crippen molar-refractivity contribution in [2.24, 2.45) is 10.8 Å². The summed E-state index contributed by atoms with van der Waals surface area (Å²) in [6, 6.07) is 0. The van der Waals surface area contributed by atoms with Crippen LogP contribution < -0.4 is 0 Å². The molecule has 5 N–H and O–H groups in total. The Morgan fingerprint density at radius 3 is 1.58 bits per heavy atom. The summed E-state index contributed by atoms with van der Waals surface area (Å²) in [5.74, 6) is -0.442. The fourth-order valence-electron chi connectivity index (χ4n) is 7.05. The van der Waals surface area contributed by atoms with Crippen molar-refractivity contribution in [3.63, 3.8) is 0 Å². The van der Waals surface area contributed by atoms with Gasteiger partial charge in [0.1, 0.15) is 36.6 Å². The second-order valence-electron chi connectivity index (χ2n) is 16.2. The lowest BCUT2D eigenvalue weighted by molar-refractivity contribution is -0.309. The average molecular weight is 759 g/mol. The first-order valence-electron chi connectivity index (χ1n) is 18.9. The van der Waals surface area contributed by atoms with Gasteiger partial charge in [-0.25, -0.2) is 0 Å². The zero-order valence-corrected chi connectivity index (χ0v) is 34.1. The van der Waals surface area contributed by atoms with E-state index in [9.17, 15) is 35.1 Å². The van der Waals surface area contributed by atoms with Crippen molar-refractivity contribution in [3.05, 3.63) is 130 Å². The van der Waals surface area contributed by atoms with E-state index in [1.165, 1.54) is 0 Å². The summed E-state index contributed by atoms with van der Waals surface area (Å²) in [4.78, 5) is 25.6. The molecule has 0 aromatic carbocycles. The maximum absolute atomic E-state index is 13.3. The minimum Gasteiger partial charge on any atom is -0.394 e. The number of ketones is 2. The van der Waals surface area contributed by atoms with Crippen LogP contribution in [0.2, 0.25) is 0 Å². The van der Waals surface area contributed by atoms with E-state index >= 15 is 0 Å². The van der Waals surface area contributed by atoms with Gasteiger partial charge in [-0.1, -0.05) is 135 Å². The third kappa shape index (κ3) is 12.3. The van der Waals surface area contributed by atoms with E-state index in [1.54, 1.807) is 13.8 Å². The number of hydrogen-bond acceptors (Lipinski definition) is 9. The third-order valence-corrected chi connectivity index (χ3v) is 10.4. The van der Waals surface area contributed by atoms with Crippen LogP contribution in [-0.2, 0) is 19.1 Å². The SMILES string of the molecule is CC1=C(/C=C/C(C)=C/C=C/C(C)=C/C=C/C=C(C)/C=C/C=C(C)/C=C/C2=C(C)C(=O)[C@@H](O)CC2(C)C)C(C)(C)C[C@H](O[C@@H]2OC(CO)[C@@H](O)C(O)C2O)C1=O. The fourth-order valence-corrected chi connectivity index (χ4v) is 7.05. The molecule has 1 heterocycles. The van der Waals surface area contributed by atoms with E-state index in [1.807, 2.05) is 127 Å². The first kappa shape index (κ1) is 45.6. The lowest BCUT2D eigenvalue weighted by atomic mass is 9.71. The second-order valence-corrected chi connectivity index (χ2v) is 16.2. The Kier molecular flexibility index (Phi) is 16.5. The molecule has 3 unspecified atom stereocenters. The standard InChI is InChI=1S/C46H62O9/c1-28(17-13-19-30(3)21-23-34-32(5)39(49)36(48)25-45(34,7)8)15-11-12-16-29(2)18-14-20-31(4)22-24-35-33(6)40(50)37(26-46(35,9)10)54-44-43(53)42(52)41(51)38(27-47)55-44/h11-24,36-38,41-44,47-48,51-53H,25-27H2,1-10H3/b12-11+,17-13+,18-14+,23-21+,24-22+,28-15+,29-16+,30-19+,31-20+/t36-,37-,38?,41+,42?,43?,44+/m0/s1. The van der Waals surface area contributed by atoms with Gasteiger partial charge < -0.3 is 35.0 Å². The van der Waals surface area contributed by atoms with Crippen LogP contribution in [0.4, 0.5) is 0 Å². The zero-order valence-electron chi connectivity index (χ0n) is 34.1. The van der Waals surface area contributed by atoms with E-state index in [-0.39, 0.29) is 17.0 Å². The van der Waals surface area contributed by atoms with Gasteiger partial charge in [0.25, 0.3) is 0 Å². The lowest BCUT2D eigenvalue weighted by Crippen LogP contribution is -2.60. The van der Waals surface area contributed by atoms with Gasteiger partial charge in [-0.05, 0) is 87.5 Å². The Bertz CT molecular complexity index is 1770. The fraction of sp³-hybridized carbons (Fsp3) is 0.478. The summed E-state index contributed by atoms with van der Waals surface area (Å²) in [5.41, 5.74) is 6.49. The average Bonchev–Trinajstić information content (AvgIpc) is 3.10. The molecule has 7 atom stereocenters. The van der Waals surface area contributed by atoms with Crippen molar-refractivity contribution in [2.75, 3.05) is 6.61 Å². The number of hydrogen-bond donors (Lipinski definition) is 5. The molecule has 3 aliphatic rings. The van der Waals surface area contributed by atoms with Gasteiger partial charge in [-0.2, -0.15) is 0 Å². The number of carbonyl (C=O) groups is 2. The van der Waals surface area contributed by atoms with Crippen molar-refractivity contribution in [3.8, 4) is 0 Å². The Hall–Kier alpha value is -3.80. The number of ether oxygens (including phenoxy) is 2. The van der Waals surface area contributed by atoms with Crippen molar-refractivity contribution in [1.82, 2.24) is 0 Å². The molecule has 0 spiro atoms. The molecule has 9 nitrogen and oxygen atoms in total. The summed E-state index contributed by atoms with van der Waals surface area (Å²) < 4.78 is 11.3. The molecule has 0 radical (unpaired) electrons. The van der Waals surface area contributed by atoms with E-state index in [0.717, 1.165) is 33.4 Å². The lowest BCUT2D eigenvalue weighted by Gasteiger charge is -2.43. The summed E-state index contributed by atoms with van der Waals surface area (Å²) in [6.07, 6.45) is 19.7. The molecule has 300 valence electrons. The van der Waals surface area contributed by atoms with Crippen molar-refractivity contribution in [2.45, 2.75) is 125 Å². The van der Waals surface area contributed by atoms with Crippen molar-refractivity contribution in [1.29, 1.82) is 0 Å². The van der Waals surface area contributed by atoms with Crippen LogP contribution in [-0.4, -0.2) is 86.6 Å². The molecule has 2 aliphatic carbocycles. The van der Waals surface area contributed by atoms with Crippen LogP contribution in [0.5, 0.6) is 0 Å². The Balaban J connectivity index is 1.56. The van der Waals surface area contributed by atoms with Crippen LogP contribution in [0.3, 0.4) is 0 Å². The van der Waals surface area contributed by atoms with E-state index in [0.29, 0.717) is 24.0 Å². The molecule has 3 rings (SSSR count). The van der Waals surface area contributed by atoms with Gasteiger partial charge in [0.15, 0.2) is 17.9 Å². The maximum atomic E-state index is 13.3. The number of aliphatic hydroxyl groups excluding tert-OH is 5. The van der Waals surface area contributed by atoms with Crippen molar-refractivity contribution < 1.29 is 44.6 Å². The number of aliphatic hydroxyl groups is 5. The largest absolute Gasteiger partial charge is 0.394 e. The van der Waals surface area contributed by atoms with Gasteiger partial charge in [-0.15, -0.1) is 0 Å². The molecule has 0 amide bonds. The number of rotatable bonds is 13. The van der Waals surface area contributed by atoms with Gasteiger partial charge in [0, 0.05) is 0 Å². The Morgan fingerprint density at radius 1 is 0.655 bits per heavy atom. The smallest absolute Gasteiger partial charge is 0.187 e. The molecule has 1 saturated heterocycles. The number of Topliss-reactive ketones (excluding diaryl/α,β-unsaturated/α-hetero) is 2. The predicted octanol–water partition coefficient (Wildman–Crippen LogP) is 6.73. The van der Waals surface area contributed by atoms with Crippen LogP contribution in [0.25, 0.3) is 0 Å². The highest BCUT2D eigenvalue weighted by Gasteiger charge is 2.47. The maximum Gasteiger partial charge on any atom is 0.187 e. The third-order valence-electron chi connectivity index (χ3n) is 10.4. The monoisotopic (exact) mass is 758 g/mol. The molecule has 1 aliphatic heterocycles. The minimum absolute atomic E-state index is 0.190. The van der Waals surface area contributed by atoms with E-state index < -0.39 is 54.9 Å². The highest BCUT2D eigenvalue weighted by Crippen LogP contribution is 2.42. The number of allylic oxidation sites excluding steroid dienone is 20. The van der Waals surface area contributed by atoms with Gasteiger partial charge in [0.2, 0.25) is 0 Å². The molecule has 0 aromatic heterocycles. The molecule has 0 bridgehead atoms. The summed E-state index contributed by atoms with van der Waals surface area (Å²) in [7, 11) is 0. The van der Waals surface area contributed by atoms with E-state index in [2.05, 4.69) is 13.8 Å². The molecular formula is C46H62O9. The Labute approximate surface area is 327 Å². The Morgan fingerprint density at radius 2 is 1.09 bits per heavy atom. The van der Waals surface area contributed by atoms with Gasteiger partial charge in [-0.3, -0.25) is 9.59 Å². The quantitative estimate of drug-likeness (QED) is 0.129. The predicted molar refractivity (Wildman–Crippen MR) is 218 cm³/mol. The molecule has 9 heteroatoms. The molecule has 0 aromatic rings. The van der Waals surface area contributed by atoms with Crippen LogP contribution in [0, 0.1) is 10.8 Å².